The van der Waals surface area contributed by atoms with Gasteiger partial charge in [-0.25, -0.2) is 4.98 Å². The summed E-state index contributed by atoms with van der Waals surface area (Å²) in [4.78, 5) is 16.1. The number of nitrogen functional groups attached to an aromatic ring is 1. The Labute approximate surface area is 117 Å². The number of hydrogen-bond donors (Lipinski definition) is 1. The molecule has 1 aromatic carbocycles. The maximum atomic E-state index is 12.1. The van der Waals surface area contributed by atoms with Gasteiger partial charge >= 0.3 is 5.56 Å². The van der Waals surface area contributed by atoms with Gasteiger partial charge in [0.2, 0.25) is 0 Å². The molecule has 1 heterocycles. The number of aromatic nitrogens is 2. The molecule has 0 radical (unpaired) electrons. The van der Waals surface area contributed by atoms with Crippen LogP contribution < -0.4 is 16.0 Å². The van der Waals surface area contributed by atoms with E-state index in [1.807, 2.05) is 6.92 Å². The summed E-state index contributed by atoms with van der Waals surface area (Å²) in [6, 6.07) is 5.26. The van der Waals surface area contributed by atoms with Crippen molar-refractivity contribution >= 4 is 5.69 Å². The molecule has 0 unspecified atom stereocenters. The zero-order valence-corrected chi connectivity index (χ0v) is 11.4. The van der Waals surface area contributed by atoms with Gasteiger partial charge in [0.1, 0.15) is 5.75 Å². The Balaban J connectivity index is 2.39. The summed E-state index contributed by atoms with van der Waals surface area (Å²) >= 11 is 0. The first-order valence-electron chi connectivity index (χ1n) is 6.38. The Morgan fingerprint density at radius 1 is 1.50 bits per heavy atom. The zero-order valence-electron chi connectivity index (χ0n) is 11.4. The highest BCUT2D eigenvalue weighted by Crippen LogP contribution is 2.25. The molecule has 2 aromatic rings. The van der Waals surface area contributed by atoms with Crippen molar-refractivity contribution in [3.05, 3.63) is 59.2 Å². The molecule has 0 saturated heterocycles. The molecule has 0 amide bonds. The van der Waals surface area contributed by atoms with Gasteiger partial charge < -0.3 is 15.0 Å². The topological polar surface area (TPSA) is 70.1 Å². The van der Waals surface area contributed by atoms with E-state index in [0.29, 0.717) is 24.4 Å². The van der Waals surface area contributed by atoms with Crippen LogP contribution in [0.15, 0.2) is 48.0 Å². The second-order valence-corrected chi connectivity index (χ2v) is 4.29. The summed E-state index contributed by atoms with van der Waals surface area (Å²) in [6.07, 6.45) is 5.53. The van der Waals surface area contributed by atoms with Gasteiger partial charge in [-0.3, -0.25) is 4.79 Å². The Hall–Kier alpha value is -2.56. The number of nitrogens with zero attached hydrogens (tertiary/aromatic N) is 2. The van der Waals surface area contributed by atoms with Gasteiger partial charge in [-0.15, -0.1) is 6.58 Å². The minimum atomic E-state index is -0.253. The SMILES string of the molecule is C=CCc1cc(N)ccc1Oc1nccn(CC)c1=O. The van der Waals surface area contributed by atoms with E-state index < -0.39 is 0 Å². The van der Waals surface area contributed by atoms with Gasteiger partial charge in [0.15, 0.2) is 0 Å². The zero-order chi connectivity index (χ0) is 14.5. The second kappa shape index (κ2) is 6.06. The molecule has 0 aliphatic carbocycles. The van der Waals surface area contributed by atoms with Crippen molar-refractivity contribution in [2.75, 3.05) is 5.73 Å². The van der Waals surface area contributed by atoms with Crippen LogP contribution in [0.5, 0.6) is 11.6 Å². The van der Waals surface area contributed by atoms with E-state index in [1.165, 1.54) is 4.57 Å². The lowest BCUT2D eigenvalue weighted by atomic mass is 10.1. The average molecular weight is 271 g/mol. The third-order valence-corrected chi connectivity index (χ3v) is 2.88. The summed E-state index contributed by atoms with van der Waals surface area (Å²) in [5, 5.41) is 0. The highest BCUT2D eigenvalue weighted by molar-refractivity contribution is 5.49. The summed E-state index contributed by atoms with van der Waals surface area (Å²) in [6.45, 7) is 6.16. The molecule has 0 bridgehead atoms. The number of aryl methyl sites for hydroxylation is 1. The van der Waals surface area contributed by atoms with Crippen molar-refractivity contribution in [1.29, 1.82) is 0 Å². The number of benzene rings is 1. The molecule has 2 rings (SSSR count). The largest absolute Gasteiger partial charge is 0.434 e. The lowest BCUT2D eigenvalue weighted by Crippen LogP contribution is -2.20. The fourth-order valence-electron chi connectivity index (χ4n) is 1.86. The maximum Gasteiger partial charge on any atom is 0.313 e. The van der Waals surface area contributed by atoms with Crippen molar-refractivity contribution < 1.29 is 4.74 Å². The van der Waals surface area contributed by atoms with E-state index in [4.69, 9.17) is 10.5 Å². The van der Waals surface area contributed by atoms with Crippen LogP contribution in [0, 0.1) is 0 Å². The van der Waals surface area contributed by atoms with Crippen LogP contribution in [-0.2, 0) is 13.0 Å². The molecular weight excluding hydrogens is 254 g/mol. The van der Waals surface area contributed by atoms with E-state index in [-0.39, 0.29) is 11.4 Å². The van der Waals surface area contributed by atoms with Crippen molar-refractivity contribution in [3.63, 3.8) is 0 Å². The predicted molar refractivity (Wildman–Crippen MR) is 79.0 cm³/mol. The normalized spacial score (nSPS) is 10.2. The van der Waals surface area contributed by atoms with E-state index in [9.17, 15) is 4.79 Å². The van der Waals surface area contributed by atoms with Gasteiger partial charge in [-0.2, -0.15) is 0 Å². The van der Waals surface area contributed by atoms with E-state index in [0.717, 1.165) is 5.56 Å². The van der Waals surface area contributed by atoms with Crippen molar-refractivity contribution in [2.24, 2.45) is 0 Å². The van der Waals surface area contributed by atoms with Crippen molar-refractivity contribution in [3.8, 4) is 11.6 Å². The lowest BCUT2D eigenvalue weighted by molar-refractivity contribution is 0.441. The summed E-state index contributed by atoms with van der Waals surface area (Å²) in [5.41, 5.74) is 7.01. The molecular formula is C15H17N3O2. The van der Waals surface area contributed by atoms with Crippen LogP contribution in [0.25, 0.3) is 0 Å². The molecule has 5 heteroatoms. The van der Waals surface area contributed by atoms with Crippen molar-refractivity contribution in [1.82, 2.24) is 9.55 Å². The van der Waals surface area contributed by atoms with Crippen LogP contribution >= 0.6 is 0 Å². The van der Waals surface area contributed by atoms with Gasteiger partial charge in [-0.05, 0) is 31.5 Å². The molecule has 0 aliphatic heterocycles. The number of ether oxygens (including phenoxy) is 1. The Bertz CT molecular complexity index is 677. The molecule has 20 heavy (non-hydrogen) atoms. The first kappa shape index (κ1) is 13.9. The van der Waals surface area contributed by atoms with Gasteiger partial charge in [0.05, 0.1) is 0 Å². The second-order valence-electron chi connectivity index (χ2n) is 4.29. The molecule has 2 N–H and O–H groups in total. The van der Waals surface area contributed by atoms with Crippen molar-refractivity contribution in [2.45, 2.75) is 19.9 Å². The summed E-state index contributed by atoms with van der Waals surface area (Å²) < 4.78 is 7.18. The van der Waals surface area contributed by atoms with Crippen LogP contribution in [0.2, 0.25) is 0 Å². The number of nitrogens with two attached hydrogens (primary N) is 1. The number of allylic oxidation sites excluding steroid dienone is 1. The Morgan fingerprint density at radius 3 is 3.00 bits per heavy atom. The van der Waals surface area contributed by atoms with Crippen LogP contribution in [-0.4, -0.2) is 9.55 Å². The molecule has 0 saturated carbocycles. The molecule has 0 aliphatic rings. The molecule has 0 spiro atoms. The van der Waals surface area contributed by atoms with Crippen LogP contribution in [0.1, 0.15) is 12.5 Å². The monoisotopic (exact) mass is 271 g/mol. The average Bonchev–Trinajstić information content (AvgIpc) is 2.44. The van der Waals surface area contributed by atoms with Crippen LogP contribution in [0.3, 0.4) is 0 Å². The van der Waals surface area contributed by atoms with E-state index >= 15 is 0 Å². The first-order chi connectivity index (χ1) is 9.65. The molecule has 0 fully saturated rings. The quantitative estimate of drug-likeness (QED) is 0.669. The third-order valence-electron chi connectivity index (χ3n) is 2.88. The molecule has 1 aromatic heterocycles. The van der Waals surface area contributed by atoms with E-state index in [2.05, 4.69) is 11.6 Å². The van der Waals surface area contributed by atoms with Gasteiger partial charge in [-0.1, -0.05) is 6.08 Å². The highest BCUT2D eigenvalue weighted by Gasteiger charge is 2.10. The number of rotatable bonds is 5. The Morgan fingerprint density at radius 2 is 2.30 bits per heavy atom. The summed E-state index contributed by atoms with van der Waals surface area (Å²) in [7, 11) is 0. The lowest BCUT2D eigenvalue weighted by Gasteiger charge is -2.10. The van der Waals surface area contributed by atoms with Crippen LogP contribution in [0.4, 0.5) is 5.69 Å². The number of anilines is 1. The highest BCUT2D eigenvalue weighted by atomic mass is 16.5. The molecule has 0 atom stereocenters. The smallest absolute Gasteiger partial charge is 0.313 e. The molecule has 5 nitrogen and oxygen atoms in total. The minimum Gasteiger partial charge on any atom is -0.434 e. The summed E-state index contributed by atoms with van der Waals surface area (Å²) in [5.74, 6) is 0.627. The maximum absolute atomic E-state index is 12.1. The number of hydrogen-bond acceptors (Lipinski definition) is 4. The Kier molecular flexibility index (Phi) is 4.20. The third kappa shape index (κ3) is 2.88. The fraction of sp³-hybridized carbons (Fsp3) is 0.200. The van der Waals surface area contributed by atoms with Gasteiger partial charge in [0, 0.05) is 30.2 Å². The molecule has 104 valence electrons. The van der Waals surface area contributed by atoms with Gasteiger partial charge in [0.25, 0.3) is 5.88 Å². The fourth-order valence-corrected chi connectivity index (χ4v) is 1.86. The predicted octanol–water partition coefficient (Wildman–Crippen LogP) is 2.37. The first-order valence-corrected chi connectivity index (χ1v) is 6.38. The van der Waals surface area contributed by atoms with E-state index in [1.54, 1.807) is 36.7 Å². The minimum absolute atomic E-state index is 0.0597. The standard InChI is InChI=1S/C15H17N3O2/c1-3-5-11-10-12(16)6-7-13(11)20-14-15(19)18(4-2)9-8-17-14/h3,6-10H,1,4-5,16H2,2H3.